The second-order valence-electron chi connectivity index (χ2n) is 10.1. The van der Waals surface area contributed by atoms with Gasteiger partial charge in [0, 0.05) is 34.8 Å². The Morgan fingerprint density at radius 3 is 2.34 bits per heavy atom. The predicted molar refractivity (Wildman–Crippen MR) is 137 cm³/mol. The quantitative estimate of drug-likeness (QED) is 0.317. The number of nitrogens with one attached hydrogen (secondary N) is 2. The fourth-order valence-corrected chi connectivity index (χ4v) is 7.38. The van der Waals surface area contributed by atoms with E-state index < -0.39 is 37.9 Å². The first-order valence-corrected chi connectivity index (χ1v) is 14.7. The molecule has 0 saturated carbocycles. The fourth-order valence-electron chi connectivity index (χ4n) is 4.55. The van der Waals surface area contributed by atoms with Crippen molar-refractivity contribution in [1.29, 1.82) is 0 Å². The van der Waals surface area contributed by atoms with Crippen LogP contribution in [0.25, 0.3) is 22.2 Å². The van der Waals surface area contributed by atoms with E-state index in [1.807, 2.05) is 26.8 Å². The molecule has 1 saturated heterocycles. The van der Waals surface area contributed by atoms with Crippen molar-refractivity contribution in [3.8, 4) is 11.1 Å². The summed E-state index contributed by atoms with van der Waals surface area (Å²) in [5.74, 6) is -1.26. The van der Waals surface area contributed by atoms with E-state index in [-0.39, 0.29) is 22.4 Å². The molecule has 1 aliphatic rings. The van der Waals surface area contributed by atoms with Gasteiger partial charge in [-0.1, -0.05) is 32.9 Å². The van der Waals surface area contributed by atoms with Crippen molar-refractivity contribution < 1.29 is 27.4 Å². The van der Waals surface area contributed by atoms with Gasteiger partial charge in [-0.05, 0) is 53.6 Å². The monoisotopic (exact) mass is 521 g/mol. The summed E-state index contributed by atoms with van der Waals surface area (Å²) in [5.41, 5.74) is 2.20. The number of carbonyl (C=O) groups is 1. The molecule has 3 aromatic rings. The third-order valence-corrected chi connectivity index (χ3v) is 9.68. The first-order chi connectivity index (χ1) is 16.3. The summed E-state index contributed by atoms with van der Waals surface area (Å²) in [6.45, 7) is 5.62. The SMILES string of the molecule is CC(C)(C)C(C(=O)O)c1cc2c(-c3ccc(S(=O)(=O)NC4CCS(O)(O)CC4)cc3)ccnc2[nH]1. The van der Waals surface area contributed by atoms with E-state index >= 15 is 0 Å². The molecule has 5 N–H and O–H groups in total. The van der Waals surface area contributed by atoms with Crippen LogP contribution >= 0.6 is 10.6 Å². The van der Waals surface area contributed by atoms with Gasteiger partial charge in [0.25, 0.3) is 0 Å². The van der Waals surface area contributed by atoms with Crippen LogP contribution < -0.4 is 4.72 Å². The van der Waals surface area contributed by atoms with Crippen molar-refractivity contribution in [2.75, 3.05) is 11.5 Å². The van der Waals surface area contributed by atoms with Crippen LogP contribution in [0.1, 0.15) is 45.2 Å². The summed E-state index contributed by atoms with van der Waals surface area (Å²) >= 11 is 0. The Hall–Kier alpha value is -2.44. The highest BCUT2D eigenvalue weighted by molar-refractivity contribution is 8.24. The average Bonchev–Trinajstić information content (AvgIpc) is 3.17. The summed E-state index contributed by atoms with van der Waals surface area (Å²) in [5, 5.41) is 10.6. The summed E-state index contributed by atoms with van der Waals surface area (Å²) in [7, 11) is -6.34. The van der Waals surface area contributed by atoms with Crippen LogP contribution in [0.15, 0.2) is 47.5 Å². The van der Waals surface area contributed by atoms with Gasteiger partial charge in [-0.15, -0.1) is 0 Å². The first-order valence-electron chi connectivity index (χ1n) is 11.3. The van der Waals surface area contributed by atoms with Crippen LogP contribution in [-0.2, 0) is 14.8 Å². The van der Waals surface area contributed by atoms with Crippen molar-refractivity contribution in [3.05, 3.63) is 48.3 Å². The number of carboxylic acid groups (broad SMARTS) is 1. The van der Waals surface area contributed by atoms with Gasteiger partial charge in [-0.3, -0.25) is 13.9 Å². The molecule has 1 atom stereocenters. The van der Waals surface area contributed by atoms with Crippen molar-refractivity contribution in [2.24, 2.45) is 5.41 Å². The van der Waals surface area contributed by atoms with Gasteiger partial charge in [0.1, 0.15) is 11.6 Å². The maximum absolute atomic E-state index is 12.9. The summed E-state index contributed by atoms with van der Waals surface area (Å²) < 4.78 is 47.9. The Bertz CT molecular complexity index is 1330. The highest BCUT2D eigenvalue weighted by Crippen LogP contribution is 2.44. The van der Waals surface area contributed by atoms with Crippen LogP contribution in [0.2, 0.25) is 0 Å². The number of rotatable bonds is 6. The topological polar surface area (TPSA) is 153 Å². The number of fused-ring (bicyclic) bond motifs is 1. The molecule has 1 unspecified atom stereocenters. The molecule has 1 aromatic carbocycles. The molecule has 3 heterocycles. The molecule has 0 bridgehead atoms. The van der Waals surface area contributed by atoms with Gasteiger partial charge in [0.05, 0.1) is 4.90 Å². The fraction of sp³-hybridized carbons (Fsp3) is 0.417. The Kier molecular flexibility index (Phi) is 6.75. The standard InChI is InChI=1S/C24H31N3O6S2/c1-24(2,3)21(23(28)29)20-14-19-18(8-11-25-22(19)26-20)15-4-6-17(7-5-15)35(32,33)27-16-9-12-34(30,31)13-10-16/h4-8,11,14,16,21,27,30-31H,9-10,12-13H2,1-3H3,(H,25,26)(H,28,29). The minimum Gasteiger partial charge on any atom is -0.481 e. The highest BCUT2D eigenvalue weighted by Gasteiger charge is 2.34. The number of aliphatic carboxylic acids is 1. The molecule has 9 nitrogen and oxygen atoms in total. The second kappa shape index (κ2) is 9.21. The molecule has 4 rings (SSSR count). The smallest absolute Gasteiger partial charge is 0.313 e. The predicted octanol–water partition coefficient (Wildman–Crippen LogP) is 4.64. The number of carboxylic acids is 1. The minimum atomic E-state index is -3.76. The molecule has 0 amide bonds. The second-order valence-corrected chi connectivity index (χ2v) is 14.2. The number of benzene rings is 1. The maximum atomic E-state index is 12.9. The molecule has 1 aliphatic heterocycles. The summed E-state index contributed by atoms with van der Waals surface area (Å²) in [6, 6.07) is 9.78. The van der Waals surface area contributed by atoms with Crippen molar-refractivity contribution >= 4 is 37.6 Å². The van der Waals surface area contributed by atoms with Crippen LogP contribution in [0.4, 0.5) is 0 Å². The van der Waals surface area contributed by atoms with Crippen molar-refractivity contribution in [2.45, 2.75) is 50.5 Å². The maximum Gasteiger partial charge on any atom is 0.313 e. The van der Waals surface area contributed by atoms with Crippen LogP contribution in [0, 0.1) is 5.41 Å². The van der Waals surface area contributed by atoms with Crippen LogP contribution in [0.3, 0.4) is 0 Å². The Morgan fingerprint density at radius 2 is 1.77 bits per heavy atom. The van der Waals surface area contributed by atoms with Crippen molar-refractivity contribution in [3.63, 3.8) is 0 Å². The molecule has 0 spiro atoms. The molecule has 11 heteroatoms. The summed E-state index contributed by atoms with van der Waals surface area (Å²) in [6.07, 6.45) is 2.40. The molecule has 190 valence electrons. The highest BCUT2D eigenvalue weighted by atomic mass is 32.3. The van der Waals surface area contributed by atoms with Gasteiger partial charge in [0.2, 0.25) is 10.0 Å². The largest absolute Gasteiger partial charge is 0.481 e. The van der Waals surface area contributed by atoms with Gasteiger partial charge >= 0.3 is 5.97 Å². The lowest BCUT2D eigenvalue weighted by Crippen LogP contribution is -2.39. The molecule has 0 aliphatic carbocycles. The van der Waals surface area contributed by atoms with Gasteiger partial charge < -0.3 is 10.1 Å². The van der Waals surface area contributed by atoms with E-state index in [9.17, 15) is 27.4 Å². The van der Waals surface area contributed by atoms with E-state index in [1.165, 1.54) is 12.1 Å². The van der Waals surface area contributed by atoms with Gasteiger partial charge in [-0.25, -0.2) is 18.1 Å². The zero-order chi connectivity index (χ0) is 25.6. The first kappa shape index (κ1) is 25.6. The van der Waals surface area contributed by atoms with Gasteiger partial charge in [-0.2, -0.15) is 10.6 Å². The Balaban J connectivity index is 1.61. The number of H-pyrrole nitrogens is 1. The number of sulfonamides is 1. The van der Waals surface area contributed by atoms with Crippen molar-refractivity contribution in [1.82, 2.24) is 14.7 Å². The van der Waals surface area contributed by atoms with Gasteiger partial charge in [0.15, 0.2) is 0 Å². The lowest BCUT2D eigenvalue weighted by Gasteiger charge is -2.39. The molecule has 35 heavy (non-hydrogen) atoms. The van der Waals surface area contributed by atoms with Crippen LogP contribution in [0.5, 0.6) is 0 Å². The summed E-state index contributed by atoms with van der Waals surface area (Å²) in [4.78, 5) is 19.6. The number of nitrogens with zero attached hydrogens (tertiary/aromatic N) is 1. The molecular weight excluding hydrogens is 490 g/mol. The normalized spacial score (nSPS) is 18.9. The lowest BCUT2D eigenvalue weighted by molar-refractivity contribution is -0.141. The number of pyridine rings is 1. The minimum absolute atomic E-state index is 0.122. The van der Waals surface area contributed by atoms with E-state index in [0.29, 0.717) is 24.2 Å². The number of hydrogen-bond acceptors (Lipinski definition) is 6. The zero-order valence-electron chi connectivity index (χ0n) is 19.9. The number of aromatic amines is 1. The molecular formula is C24H31N3O6S2. The van der Waals surface area contributed by atoms with E-state index in [2.05, 4.69) is 14.7 Å². The average molecular weight is 522 g/mol. The van der Waals surface area contributed by atoms with Crippen LogP contribution in [-0.4, -0.2) is 56.1 Å². The number of hydrogen-bond donors (Lipinski definition) is 5. The third kappa shape index (κ3) is 5.54. The Morgan fingerprint density at radius 1 is 1.14 bits per heavy atom. The lowest BCUT2D eigenvalue weighted by atomic mass is 9.79. The van der Waals surface area contributed by atoms with E-state index in [1.54, 1.807) is 24.4 Å². The number of aromatic nitrogens is 2. The molecule has 2 aromatic heterocycles. The van der Waals surface area contributed by atoms with E-state index in [0.717, 1.165) is 16.5 Å². The molecule has 1 fully saturated rings. The molecule has 0 radical (unpaired) electrons. The zero-order valence-corrected chi connectivity index (χ0v) is 21.5. The van der Waals surface area contributed by atoms with E-state index in [4.69, 9.17) is 0 Å². The third-order valence-electron chi connectivity index (χ3n) is 6.36. The Labute approximate surface area is 206 Å².